The van der Waals surface area contributed by atoms with Gasteiger partial charge in [0, 0.05) is 12.8 Å². The molecule has 4 heteroatoms. The van der Waals surface area contributed by atoms with Crippen LogP contribution in [0.25, 0.3) is 0 Å². The first-order valence-electron chi connectivity index (χ1n) is 13.2. The van der Waals surface area contributed by atoms with Crippen molar-refractivity contribution in [3.05, 3.63) is 0 Å². The Hall–Kier alpha value is -0.160. The lowest BCUT2D eigenvalue weighted by Gasteiger charge is -2.23. The van der Waals surface area contributed by atoms with Gasteiger partial charge in [0.25, 0.3) is 0 Å². The van der Waals surface area contributed by atoms with E-state index in [0.717, 1.165) is 25.7 Å². The van der Waals surface area contributed by atoms with Crippen molar-refractivity contribution in [3.8, 4) is 0 Å². The number of aliphatic hydroxyl groups is 4. The van der Waals surface area contributed by atoms with Crippen molar-refractivity contribution in [2.45, 2.75) is 167 Å². The van der Waals surface area contributed by atoms with Gasteiger partial charge in [-0.3, -0.25) is 0 Å². The summed E-state index contributed by atoms with van der Waals surface area (Å²) in [5.41, 5.74) is 0. The number of unbranched alkanes of at least 4 members (excludes halogenated alkanes) is 14. The summed E-state index contributed by atoms with van der Waals surface area (Å²) in [5, 5.41) is 40.5. The molecule has 0 saturated carbocycles. The van der Waals surface area contributed by atoms with E-state index < -0.39 is 24.4 Å². The Morgan fingerprint density at radius 1 is 0.400 bits per heavy atom. The largest absolute Gasteiger partial charge is 0.393 e. The first kappa shape index (κ1) is 29.8. The molecule has 0 aliphatic rings. The number of rotatable bonds is 23. The van der Waals surface area contributed by atoms with Crippen LogP contribution in [0.3, 0.4) is 0 Å². The lowest BCUT2D eigenvalue weighted by Crippen LogP contribution is -2.33. The molecule has 0 aromatic rings. The van der Waals surface area contributed by atoms with Crippen molar-refractivity contribution in [2.75, 3.05) is 0 Å². The molecule has 0 rings (SSSR count). The molecule has 182 valence electrons. The molecule has 4 nitrogen and oxygen atoms in total. The third-order valence-electron chi connectivity index (χ3n) is 6.25. The highest BCUT2D eigenvalue weighted by Crippen LogP contribution is 2.17. The second-order valence-electron chi connectivity index (χ2n) is 9.44. The molecule has 4 N–H and O–H groups in total. The zero-order valence-electron chi connectivity index (χ0n) is 20.2. The third-order valence-corrected chi connectivity index (χ3v) is 6.25. The van der Waals surface area contributed by atoms with Gasteiger partial charge in [0.2, 0.25) is 0 Å². The summed E-state index contributed by atoms with van der Waals surface area (Å²) >= 11 is 0. The van der Waals surface area contributed by atoms with Crippen LogP contribution >= 0.6 is 0 Å². The quantitative estimate of drug-likeness (QED) is 0.144. The average Bonchev–Trinajstić information content (AvgIpc) is 2.71. The number of hydrogen-bond donors (Lipinski definition) is 4. The molecule has 0 amide bonds. The molecule has 0 aliphatic heterocycles. The first-order chi connectivity index (χ1) is 14.5. The molecule has 0 bridgehead atoms. The fraction of sp³-hybridized carbons (Fsp3) is 1.00. The van der Waals surface area contributed by atoms with Crippen molar-refractivity contribution < 1.29 is 20.4 Å². The molecule has 4 atom stereocenters. The van der Waals surface area contributed by atoms with E-state index in [9.17, 15) is 20.4 Å². The number of aliphatic hydroxyl groups excluding tert-OH is 4. The maximum absolute atomic E-state index is 10.2. The van der Waals surface area contributed by atoms with Crippen molar-refractivity contribution in [2.24, 2.45) is 0 Å². The standard InChI is InChI=1S/C26H54O4/c1-3-5-7-9-11-13-15-17-19-23(27)21-25(29)26(30)22-24(28)20-18-16-14-12-10-8-6-4-2/h23-30H,3-22H2,1-2H3. The number of hydrogen-bond acceptors (Lipinski definition) is 4. The summed E-state index contributed by atoms with van der Waals surface area (Å²) in [6, 6.07) is 0. The third kappa shape index (κ3) is 19.8. The second kappa shape index (κ2) is 22.0. The van der Waals surface area contributed by atoms with Crippen molar-refractivity contribution in [1.82, 2.24) is 0 Å². The zero-order valence-corrected chi connectivity index (χ0v) is 20.2. The van der Waals surface area contributed by atoms with Crippen LogP contribution < -0.4 is 0 Å². The van der Waals surface area contributed by atoms with E-state index >= 15 is 0 Å². The van der Waals surface area contributed by atoms with E-state index in [1.54, 1.807) is 0 Å². The molecule has 0 saturated heterocycles. The minimum atomic E-state index is -0.956. The maximum atomic E-state index is 10.2. The first-order valence-corrected chi connectivity index (χ1v) is 13.2. The lowest BCUT2D eigenvalue weighted by molar-refractivity contribution is -0.0365. The van der Waals surface area contributed by atoms with Crippen LogP contribution in [0.15, 0.2) is 0 Å². The summed E-state index contributed by atoms with van der Waals surface area (Å²) in [5.74, 6) is 0. The van der Waals surface area contributed by atoms with Crippen LogP contribution in [0.2, 0.25) is 0 Å². The van der Waals surface area contributed by atoms with Gasteiger partial charge in [0.15, 0.2) is 0 Å². The molecule has 0 heterocycles. The fourth-order valence-electron chi connectivity index (χ4n) is 4.14. The topological polar surface area (TPSA) is 80.9 Å². The van der Waals surface area contributed by atoms with Crippen LogP contribution in [0.4, 0.5) is 0 Å². The minimum Gasteiger partial charge on any atom is -0.393 e. The van der Waals surface area contributed by atoms with Gasteiger partial charge in [-0.15, -0.1) is 0 Å². The van der Waals surface area contributed by atoms with Gasteiger partial charge in [-0.2, -0.15) is 0 Å². The van der Waals surface area contributed by atoms with Gasteiger partial charge in [0.1, 0.15) is 0 Å². The molecule has 0 fully saturated rings. The molecular formula is C26H54O4. The maximum Gasteiger partial charge on any atom is 0.0824 e. The monoisotopic (exact) mass is 430 g/mol. The Labute approximate surface area is 187 Å². The van der Waals surface area contributed by atoms with E-state index in [1.165, 1.54) is 77.0 Å². The molecule has 30 heavy (non-hydrogen) atoms. The van der Waals surface area contributed by atoms with Crippen molar-refractivity contribution in [3.63, 3.8) is 0 Å². The van der Waals surface area contributed by atoms with Gasteiger partial charge >= 0.3 is 0 Å². The summed E-state index contributed by atoms with van der Waals surface area (Å²) in [7, 11) is 0. The summed E-state index contributed by atoms with van der Waals surface area (Å²) in [4.78, 5) is 0. The zero-order chi connectivity index (χ0) is 22.5. The van der Waals surface area contributed by atoms with Crippen LogP contribution in [-0.2, 0) is 0 Å². The Bertz CT molecular complexity index is 305. The molecule has 0 aromatic heterocycles. The van der Waals surface area contributed by atoms with E-state index in [0.29, 0.717) is 12.8 Å². The normalized spacial score (nSPS) is 15.8. The van der Waals surface area contributed by atoms with E-state index in [1.807, 2.05) is 0 Å². The van der Waals surface area contributed by atoms with Gasteiger partial charge in [0.05, 0.1) is 24.4 Å². The lowest BCUT2D eigenvalue weighted by atomic mass is 9.96. The predicted molar refractivity (Wildman–Crippen MR) is 128 cm³/mol. The molecule has 0 aromatic carbocycles. The Kier molecular flexibility index (Phi) is 21.9. The Morgan fingerprint density at radius 3 is 0.967 bits per heavy atom. The summed E-state index contributed by atoms with van der Waals surface area (Å²) in [6.45, 7) is 4.45. The highest BCUT2D eigenvalue weighted by Gasteiger charge is 2.22. The Morgan fingerprint density at radius 2 is 0.667 bits per heavy atom. The summed E-state index contributed by atoms with van der Waals surface area (Å²) in [6.07, 6.45) is 18.3. The van der Waals surface area contributed by atoms with Crippen LogP contribution in [0.5, 0.6) is 0 Å². The van der Waals surface area contributed by atoms with Crippen molar-refractivity contribution >= 4 is 0 Å². The van der Waals surface area contributed by atoms with E-state index in [4.69, 9.17) is 0 Å². The second-order valence-corrected chi connectivity index (χ2v) is 9.44. The molecule has 4 unspecified atom stereocenters. The predicted octanol–water partition coefficient (Wildman–Crippen LogP) is 6.27. The van der Waals surface area contributed by atoms with Crippen LogP contribution in [0.1, 0.15) is 142 Å². The molecular weight excluding hydrogens is 376 g/mol. The van der Waals surface area contributed by atoms with Crippen LogP contribution in [-0.4, -0.2) is 44.8 Å². The minimum absolute atomic E-state index is 0.197. The van der Waals surface area contributed by atoms with Gasteiger partial charge in [-0.1, -0.05) is 117 Å². The van der Waals surface area contributed by atoms with Crippen molar-refractivity contribution in [1.29, 1.82) is 0 Å². The Balaban J connectivity index is 3.64. The van der Waals surface area contributed by atoms with Crippen LogP contribution in [0, 0.1) is 0 Å². The average molecular weight is 431 g/mol. The molecule has 0 aliphatic carbocycles. The van der Waals surface area contributed by atoms with E-state index in [-0.39, 0.29) is 12.8 Å². The SMILES string of the molecule is CCCCCCCCCCC(O)CC(O)C(O)CC(O)CCCCCCCCCC. The highest BCUT2D eigenvalue weighted by molar-refractivity contribution is 4.74. The molecule has 0 spiro atoms. The van der Waals surface area contributed by atoms with E-state index in [2.05, 4.69) is 13.8 Å². The fourth-order valence-corrected chi connectivity index (χ4v) is 4.14. The summed E-state index contributed by atoms with van der Waals surface area (Å²) < 4.78 is 0. The van der Waals surface area contributed by atoms with Gasteiger partial charge < -0.3 is 20.4 Å². The van der Waals surface area contributed by atoms with Gasteiger partial charge in [-0.25, -0.2) is 0 Å². The smallest absolute Gasteiger partial charge is 0.0824 e. The molecule has 0 radical (unpaired) electrons. The highest BCUT2D eigenvalue weighted by atomic mass is 16.3. The van der Waals surface area contributed by atoms with Gasteiger partial charge in [-0.05, 0) is 12.8 Å².